The Kier molecular flexibility index (Phi) is 6.32. The predicted molar refractivity (Wildman–Crippen MR) is 115 cm³/mol. The van der Waals surface area contributed by atoms with Crippen molar-refractivity contribution in [3.8, 4) is 17.2 Å². The summed E-state index contributed by atoms with van der Waals surface area (Å²) >= 11 is 0. The molecule has 1 aliphatic heterocycles. The van der Waals surface area contributed by atoms with Crippen molar-refractivity contribution in [3.05, 3.63) is 87.7 Å². The molecular formula is C26H23F5O2. The number of alkyl halides is 2. The highest BCUT2D eigenvalue weighted by molar-refractivity contribution is 5.54. The van der Waals surface area contributed by atoms with Gasteiger partial charge in [-0.05, 0) is 42.2 Å². The van der Waals surface area contributed by atoms with E-state index in [0.717, 1.165) is 24.5 Å². The Morgan fingerprint density at radius 2 is 1.48 bits per heavy atom. The van der Waals surface area contributed by atoms with Crippen LogP contribution in [0.5, 0.6) is 17.2 Å². The second-order valence-corrected chi connectivity index (χ2v) is 8.11. The first kappa shape index (κ1) is 23.1. The van der Waals surface area contributed by atoms with E-state index in [9.17, 15) is 22.0 Å². The van der Waals surface area contributed by atoms with Crippen LogP contribution in [0.3, 0.4) is 0 Å². The first-order valence-corrected chi connectivity index (χ1v) is 10.9. The molecule has 4 rings (SSSR count). The summed E-state index contributed by atoms with van der Waals surface area (Å²) in [5.74, 6) is -5.38. The van der Waals surface area contributed by atoms with Crippen molar-refractivity contribution in [2.75, 3.05) is 0 Å². The molecule has 0 aliphatic carbocycles. The fourth-order valence-corrected chi connectivity index (χ4v) is 3.96. The van der Waals surface area contributed by atoms with Crippen LogP contribution >= 0.6 is 0 Å². The molecule has 2 nitrogen and oxygen atoms in total. The van der Waals surface area contributed by atoms with Gasteiger partial charge in [-0.1, -0.05) is 51.0 Å². The van der Waals surface area contributed by atoms with E-state index in [0.29, 0.717) is 24.0 Å². The lowest BCUT2D eigenvalue weighted by atomic mass is 9.96. The second kappa shape index (κ2) is 9.04. The Labute approximate surface area is 189 Å². The van der Waals surface area contributed by atoms with Crippen molar-refractivity contribution in [1.29, 1.82) is 0 Å². The molecule has 1 heterocycles. The van der Waals surface area contributed by atoms with Gasteiger partial charge < -0.3 is 9.47 Å². The number of ether oxygens (including phenoxy) is 2. The average molecular weight is 462 g/mol. The van der Waals surface area contributed by atoms with Gasteiger partial charge in [0.25, 0.3) is 0 Å². The Morgan fingerprint density at radius 3 is 2.15 bits per heavy atom. The minimum Gasteiger partial charge on any atom is -0.450 e. The second-order valence-electron chi connectivity index (χ2n) is 8.11. The van der Waals surface area contributed by atoms with Crippen LogP contribution in [0, 0.1) is 17.5 Å². The van der Waals surface area contributed by atoms with E-state index in [1.54, 1.807) is 24.3 Å². The van der Waals surface area contributed by atoms with Crippen molar-refractivity contribution in [1.82, 2.24) is 0 Å². The fraction of sp³-hybridized carbons (Fsp3) is 0.308. The molecule has 0 bridgehead atoms. The van der Waals surface area contributed by atoms with Gasteiger partial charge in [-0.15, -0.1) is 0 Å². The molecule has 0 aromatic heterocycles. The van der Waals surface area contributed by atoms with E-state index in [2.05, 4.69) is 4.74 Å². The molecule has 174 valence electrons. The van der Waals surface area contributed by atoms with Crippen LogP contribution in [0.2, 0.25) is 0 Å². The van der Waals surface area contributed by atoms with Crippen molar-refractivity contribution in [2.24, 2.45) is 0 Å². The van der Waals surface area contributed by atoms with E-state index in [1.807, 2.05) is 13.8 Å². The summed E-state index contributed by atoms with van der Waals surface area (Å²) in [5.41, 5.74) is 1.31. The van der Waals surface area contributed by atoms with Crippen LogP contribution in [0.1, 0.15) is 54.5 Å². The minimum atomic E-state index is -3.89. The summed E-state index contributed by atoms with van der Waals surface area (Å²) in [4.78, 5) is 0. The molecule has 3 aromatic carbocycles. The number of hydrogen-bond donors (Lipinski definition) is 0. The van der Waals surface area contributed by atoms with Gasteiger partial charge in [-0.25, -0.2) is 4.39 Å². The SMILES string of the molecule is CCCc1ccc(C(F)(F)Oc2cc3c(c(F)c2F)Oc2c(ccc(CCC)c2F)C3)cc1. The molecule has 0 atom stereocenters. The van der Waals surface area contributed by atoms with E-state index in [4.69, 9.17) is 4.74 Å². The van der Waals surface area contributed by atoms with E-state index in [-0.39, 0.29) is 17.7 Å². The topological polar surface area (TPSA) is 18.5 Å². The van der Waals surface area contributed by atoms with Gasteiger partial charge in [0, 0.05) is 17.5 Å². The third-order valence-corrected chi connectivity index (χ3v) is 5.64. The molecule has 3 aromatic rings. The highest BCUT2D eigenvalue weighted by atomic mass is 19.3. The van der Waals surface area contributed by atoms with Gasteiger partial charge in [0.15, 0.2) is 23.1 Å². The maximum atomic E-state index is 14.8. The molecule has 0 radical (unpaired) electrons. The number of rotatable bonds is 7. The Balaban J connectivity index is 1.65. The zero-order chi connectivity index (χ0) is 23.8. The molecule has 7 heteroatoms. The molecule has 0 saturated heterocycles. The Morgan fingerprint density at radius 1 is 0.818 bits per heavy atom. The molecule has 0 fully saturated rings. The standard InChI is InChI=1S/C26H23F5O2/c1-3-5-15-7-11-19(12-8-15)26(30,31)33-20-14-18-13-17-10-9-16(6-4-2)21(27)24(17)32-25(18)23(29)22(20)28/h7-12,14H,3-6,13H2,1-2H3. The monoisotopic (exact) mass is 462 g/mol. The van der Waals surface area contributed by atoms with Gasteiger partial charge in [0.05, 0.1) is 5.56 Å². The molecule has 0 N–H and O–H groups in total. The highest BCUT2D eigenvalue weighted by Crippen LogP contribution is 2.45. The van der Waals surface area contributed by atoms with Gasteiger partial charge >= 0.3 is 6.11 Å². The van der Waals surface area contributed by atoms with Gasteiger partial charge in [-0.3, -0.25) is 0 Å². The van der Waals surface area contributed by atoms with Crippen LogP contribution in [-0.2, 0) is 25.4 Å². The summed E-state index contributed by atoms with van der Waals surface area (Å²) in [7, 11) is 0. The summed E-state index contributed by atoms with van der Waals surface area (Å²) in [6, 6.07) is 9.73. The van der Waals surface area contributed by atoms with Crippen molar-refractivity contribution in [3.63, 3.8) is 0 Å². The maximum Gasteiger partial charge on any atom is 0.426 e. The molecule has 0 unspecified atom stereocenters. The van der Waals surface area contributed by atoms with Crippen molar-refractivity contribution >= 4 is 0 Å². The first-order chi connectivity index (χ1) is 15.7. The van der Waals surface area contributed by atoms with Crippen LogP contribution in [0.4, 0.5) is 22.0 Å². The number of benzene rings is 3. The number of fused-ring (bicyclic) bond motifs is 2. The van der Waals surface area contributed by atoms with Crippen LogP contribution in [0.15, 0.2) is 42.5 Å². The molecule has 0 spiro atoms. The summed E-state index contributed by atoms with van der Waals surface area (Å²) in [6.45, 7) is 3.86. The highest BCUT2D eigenvalue weighted by Gasteiger charge is 2.37. The van der Waals surface area contributed by atoms with Gasteiger partial charge in [0.2, 0.25) is 11.6 Å². The average Bonchev–Trinajstić information content (AvgIpc) is 2.79. The quantitative estimate of drug-likeness (QED) is 0.261. The van der Waals surface area contributed by atoms with Crippen LogP contribution < -0.4 is 9.47 Å². The van der Waals surface area contributed by atoms with Crippen molar-refractivity contribution in [2.45, 2.75) is 52.1 Å². The lowest BCUT2D eigenvalue weighted by molar-refractivity contribution is -0.187. The minimum absolute atomic E-state index is 0.0150. The van der Waals surface area contributed by atoms with Gasteiger partial charge in [0.1, 0.15) is 0 Å². The van der Waals surface area contributed by atoms with Crippen LogP contribution in [-0.4, -0.2) is 0 Å². The lowest BCUT2D eigenvalue weighted by Crippen LogP contribution is -2.23. The number of hydrogen-bond acceptors (Lipinski definition) is 2. The largest absolute Gasteiger partial charge is 0.450 e. The normalized spacial score (nSPS) is 12.7. The maximum absolute atomic E-state index is 14.8. The van der Waals surface area contributed by atoms with E-state index in [1.165, 1.54) is 12.1 Å². The lowest BCUT2D eigenvalue weighted by Gasteiger charge is -2.24. The zero-order valence-corrected chi connectivity index (χ0v) is 18.3. The van der Waals surface area contributed by atoms with Gasteiger partial charge in [-0.2, -0.15) is 17.6 Å². The Bertz CT molecular complexity index is 1170. The van der Waals surface area contributed by atoms with E-state index < -0.39 is 40.6 Å². The molecule has 0 amide bonds. The van der Waals surface area contributed by atoms with Crippen LogP contribution in [0.25, 0.3) is 0 Å². The molecular weight excluding hydrogens is 439 g/mol. The number of halogens is 5. The zero-order valence-electron chi connectivity index (χ0n) is 18.3. The first-order valence-electron chi connectivity index (χ1n) is 10.9. The molecule has 33 heavy (non-hydrogen) atoms. The summed E-state index contributed by atoms with van der Waals surface area (Å²) in [5, 5.41) is 0. The fourth-order valence-electron chi connectivity index (χ4n) is 3.96. The summed E-state index contributed by atoms with van der Waals surface area (Å²) < 4.78 is 83.7. The third kappa shape index (κ3) is 4.41. The Hall–Kier alpha value is -3.09. The third-order valence-electron chi connectivity index (χ3n) is 5.64. The van der Waals surface area contributed by atoms with Crippen molar-refractivity contribution < 1.29 is 31.4 Å². The molecule has 1 aliphatic rings. The predicted octanol–water partition coefficient (Wildman–Crippen LogP) is 7.83. The summed E-state index contributed by atoms with van der Waals surface area (Å²) in [6.07, 6.45) is -1.14. The molecule has 0 saturated carbocycles. The van der Waals surface area contributed by atoms with E-state index >= 15 is 0 Å². The smallest absolute Gasteiger partial charge is 0.426 e. The number of aryl methyl sites for hydroxylation is 2.